The van der Waals surface area contributed by atoms with Crippen LogP contribution in [0.2, 0.25) is 0 Å². The first-order valence-corrected chi connectivity index (χ1v) is 7.60. The number of thioether (sulfide) groups is 1. The molecule has 0 unspecified atom stereocenters. The average molecular weight is 260 g/mol. The van der Waals surface area contributed by atoms with Crippen LogP contribution in [0.5, 0.6) is 0 Å². The summed E-state index contributed by atoms with van der Waals surface area (Å²) >= 11 is 3.53. The number of hydrogen-bond acceptors (Lipinski definition) is 5. The third kappa shape index (κ3) is 7.22. The van der Waals surface area contributed by atoms with E-state index in [1.165, 1.54) is 6.42 Å². The molecule has 0 saturated carbocycles. The van der Waals surface area contributed by atoms with Gasteiger partial charge in [-0.3, -0.25) is 0 Å². The predicted molar refractivity (Wildman–Crippen MR) is 71.4 cm³/mol. The van der Waals surface area contributed by atoms with E-state index >= 15 is 0 Å². The summed E-state index contributed by atoms with van der Waals surface area (Å²) in [7, 11) is 0. The quantitative estimate of drug-likeness (QED) is 0.518. The molecule has 0 radical (unpaired) electrons. The van der Waals surface area contributed by atoms with Gasteiger partial charge in [0.25, 0.3) is 0 Å². The molecule has 0 aliphatic heterocycles. The van der Waals surface area contributed by atoms with Crippen LogP contribution in [0.1, 0.15) is 19.8 Å². The van der Waals surface area contributed by atoms with Gasteiger partial charge >= 0.3 is 0 Å². The van der Waals surface area contributed by atoms with Gasteiger partial charge in [0.1, 0.15) is 4.34 Å². The number of nitrogens with zero attached hydrogens (tertiary/aromatic N) is 1. The molecule has 0 aliphatic rings. The molecule has 3 nitrogen and oxygen atoms in total. The third-order valence-corrected chi connectivity index (χ3v) is 3.98. The first-order valence-electron chi connectivity index (χ1n) is 5.74. The topological polar surface area (TPSA) is 34.1 Å². The number of rotatable bonds is 10. The minimum Gasteiger partial charge on any atom is -0.382 e. The van der Waals surface area contributed by atoms with Crippen LogP contribution in [0, 0.1) is 0 Å². The number of aromatic nitrogens is 1. The average Bonchev–Trinajstić information content (AvgIpc) is 2.80. The smallest absolute Gasteiger partial charge is 0.149 e. The van der Waals surface area contributed by atoms with Gasteiger partial charge in [0.2, 0.25) is 0 Å². The highest BCUT2D eigenvalue weighted by atomic mass is 32.2. The van der Waals surface area contributed by atoms with Crippen LogP contribution >= 0.6 is 23.1 Å². The molecule has 1 heterocycles. The molecule has 92 valence electrons. The zero-order valence-corrected chi connectivity index (χ0v) is 11.4. The monoisotopic (exact) mass is 260 g/mol. The van der Waals surface area contributed by atoms with Gasteiger partial charge in [0.05, 0.1) is 0 Å². The van der Waals surface area contributed by atoms with E-state index in [-0.39, 0.29) is 0 Å². The van der Waals surface area contributed by atoms with E-state index in [4.69, 9.17) is 4.74 Å². The number of unbranched alkanes of at least 4 members (excludes halogenated alkanes) is 1. The standard InChI is InChI=1S/C11H20N2OS2/c1-2-14-8-4-3-5-12-6-9-15-11-13-7-10-16-11/h7,10,12H,2-6,8-9H2,1H3. The fraction of sp³-hybridized carbons (Fsp3) is 0.727. The fourth-order valence-corrected chi connectivity index (χ4v) is 2.82. The molecule has 0 saturated heterocycles. The lowest BCUT2D eigenvalue weighted by molar-refractivity contribution is 0.143. The zero-order chi connectivity index (χ0) is 11.5. The van der Waals surface area contributed by atoms with Crippen molar-refractivity contribution in [3.05, 3.63) is 11.6 Å². The SMILES string of the molecule is CCOCCCCNCCSc1nccs1. The summed E-state index contributed by atoms with van der Waals surface area (Å²) in [6.07, 6.45) is 4.20. The van der Waals surface area contributed by atoms with Crippen LogP contribution in [0.25, 0.3) is 0 Å². The third-order valence-electron chi connectivity index (χ3n) is 2.01. The molecule has 1 N–H and O–H groups in total. The lowest BCUT2D eigenvalue weighted by Crippen LogP contribution is -2.18. The van der Waals surface area contributed by atoms with Gasteiger partial charge in [-0.15, -0.1) is 11.3 Å². The molecule has 1 aromatic heterocycles. The Bertz CT molecular complexity index is 242. The lowest BCUT2D eigenvalue weighted by atomic mass is 10.3. The molecule has 0 atom stereocenters. The highest BCUT2D eigenvalue weighted by Crippen LogP contribution is 2.18. The molecule has 0 fully saturated rings. The second kappa shape index (κ2) is 10.1. The normalized spacial score (nSPS) is 10.8. The van der Waals surface area contributed by atoms with Crippen molar-refractivity contribution in [1.29, 1.82) is 0 Å². The number of ether oxygens (including phenoxy) is 1. The van der Waals surface area contributed by atoms with Crippen LogP contribution in [0.15, 0.2) is 15.9 Å². The van der Waals surface area contributed by atoms with E-state index in [0.717, 1.165) is 42.8 Å². The largest absolute Gasteiger partial charge is 0.382 e. The van der Waals surface area contributed by atoms with Gasteiger partial charge in [0, 0.05) is 37.1 Å². The van der Waals surface area contributed by atoms with Crippen molar-refractivity contribution >= 4 is 23.1 Å². The summed E-state index contributed by atoms with van der Waals surface area (Å²) in [5.74, 6) is 1.10. The molecule has 0 spiro atoms. The van der Waals surface area contributed by atoms with Gasteiger partial charge in [-0.25, -0.2) is 4.98 Å². The summed E-state index contributed by atoms with van der Waals surface area (Å²) in [4.78, 5) is 4.22. The van der Waals surface area contributed by atoms with E-state index in [9.17, 15) is 0 Å². The highest BCUT2D eigenvalue weighted by molar-refractivity contribution is 8.01. The van der Waals surface area contributed by atoms with E-state index in [0.29, 0.717) is 0 Å². The minimum absolute atomic E-state index is 0.831. The summed E-state index contributed by atoms with van der Waals surface area (Å²) < 4.78 is 6.44. The Labute approximate surface area is 106 Å². The number of nitrogens with one attached hydrogen (secondary N) is 1. The molecule has 0 aliphatic carbocycles. The molecule has 0 amide bonds. The number of thiazole rings is 1. The molecular formula is C11H20N2OS2. The first-order chi connectivity index (χ1) is 7.93. The molecule has 1 rings (SSSR count). The molecule has 16 heavy (non-hydrogen) atoms. The van der Waals surface area contributed by atoms with E-state index in [1.54, 1.807) is 11.3 Å². The molecule has 1 aromatic rings. The zero-order valence-electron chi connectivity index (χ0n) is 9.78. The van der Waals surface area contributed by atoms with Crippen LogP contribution in [0.4, 0.5) is 0 Å². The minimum atomic E-state index is 0.831. The Morgan fingerprint density at radius 2 is 2.38 bits per heavy atom. The predicted octanol–water partition coefficient (Wildman–Crippen LogP) is 2.64. The van der Waals surface area contributed by atoms with Crippen LogP contribution in [-0.4, -0.2) is 37.0 Å². The summed E-state index contributed by atoms with van der Waals surface area (Å²) in [6.45, 7) is 5.91. The lowest BCUT2D eigenvalue weighted by Gasteiger charge is -2.03. The van der Waals surface area contributed by atoms with Crippen molar-refractivity contribution in [3.8, 4) is 0 Å². The van der Waals surface area contributed by atoms with Gasteiger partial charge in [-0.1, -0.05) is 11.8 Å². The van der Waals surface area contributed by atoms with Crippen molar-refractivity contribution in [1.82, 2.24) is 10.3 Å². The summed E-state index contributed by atoms with van der Waals surface area (Å²) in [5, 5.41) is 5.44. The summed E-state index contributed by atoms with van der Waals surface area (Å²) in [5.41, 5.74) is 0. The Balaban J connectivity index is 1.78. The van der Waals surface area contributed by atoms with Gasteiger partial charge in [-0.2, -0.15) is 0 Å². The molecular weight excluding hydrogens is 240 g/mol. The number of hydrogen-bond donors (Lipinski definition) is 1. The Morgan fingerprint density at radius 3 is 3.12 bits per heavy atom. The van der Waals surface area contributed by atoms with Crippen molar-refractivity contribution in [3.63, 3.8) is 0 Å². The second-order valence-corrected chi connectivity index (χ2v) is 5.54. The first kappa shape index (κ1) is 14.0. The maximum absolute atomic E-state index is 5.27. The van der Waals surface area contributed by atoms with Crippen LogP contribution in [0.3, 0.4) is 0 Å². The fourth-order valence-electron chi connectivity index (χ4n) is 1.22. The molecule has 5 heteroatoms. The van der Waals surface area contributed by atoms with Crippen molar-refractivity contribution < 1.29 is 4.74 Å². The van der Waals surface area contributed by atoms with Crippen molar-refractivity contribution in [2.75, 3.05) is 32.1 Å². The summed E-state index contributed by atoms with van der Waals surface area (Å²) in [6, 6.07) is 0. The Hall–Kier alpha value is -0.100. The maximum Gasteiger partial charge on any atom is 0.149 e. The van der Waals surface area contributed by atoms with Crippen LogP contribution < -0.4 is 5.32 Å². The van der Waals surface area contributed by atoms with Gasteiger partial charge in [0.15, 0.2) is 0 Å². The van der Waals surface area contributed by atoms with Crippen molar-refractivity contribution in [2.24, 2.45) is 0 Å². The Kier molecular flexibility index (Phi) is 8.80. The molecule has 0 aromatic carbocycles. The highest BCUT2D eigenvalue weighted by Gasteiger charge is 1.95. The second-order valence-electron chi connectivity index (χ2n) is 3.30. The van der Waals surface area contributed by atoms with Crippen molar-refractivity contribution in [2.45, 2.75) is 24.1 Å². The van der Waals surface area contributed by atoms with Gasteiger partial charge in [-0.05, 0) is 26.3 Å². The van der Waals surface area contributed by atoms with E-state index < -0.39 is 0 Å². The van der Waals surface area contributed by atoms with Gasteiger partial charge < -0.3 is 10.1 Å². The maximum atomic E-state index is 5.27. The van der Waals surface area contributed by atoms with E-state index in [2.05, 4.69) is 10.3 Å². The van der Waals surface area contributed by atoms with Crippen LogP contribution in [-0.2, 0) is 4.74 Å². The molecule has 0 bridgehead atoms. The van der Waals surface area contributed by atoms with E-state index in [1.807, 2.05) is 30.3 Å². The Morgan fingerprint density at radius 1 is 1.44 bits per heavy atom.